The Morgan fingerprint density at radius 2 is 1.42 bits per heavy atom. The molecule has 0 saturated carbocycles. The molecule has 31 heavy (non-hydrogen) atoms. The lowest BCUT2D eigenvalue weighted by Crippen LogP contribution is -2.41. The van der Waals surface area contributed by atoms with Crippen molar-refractivity contribution in [1.29, 1.82) is 0 Å². The number of rotatable bonds is 2. The molecule has 0 unspecified atom stereocenters. The fourth-order valence-corrected chi connectivity index (χ4v) is 4.49. The van der Waals surface area contributed by atoms with Gasteiger partial charge in [0.15, 0.2) is 0 Å². The highest BCUT2D eigenvalue weighted by atomic mass is 16.7. The van der Waals surface area contributed by atoms with Crippen molar-refractivity contribution in [2.75, 3.05) is 0 Å². The van der Waals surface area contributed by atoms with Crippen molar-refractivity contribution in [2.45, 2.75) is 38.9 Å². The third kappa shape index (κ3) is 2.63. The van der Waals surface area contributed by atoms with E-state index in [4.69, 9.17) is 13.7 Å². The van der Waals surface area contributed by atoms with Gasteiger partial charge < -0.3 is 13.7 Å². The largest absolute Gasteiger partial charge is 0.494 e. The first-order valence-corrected chi connectivity index (χ1v) is 10.7. The summed E-state index contributed by atoms with van der Waals surface area (Å²) in [6, 6.07) is 25.0. The highest BCUT2D eigenvalue weighted by Crippen LogP contribution is 2.39. The molecular weight excluding hydrogens is 385 g/mol. The summed E-state index contributed by atoms with van der Waals surface area (Å²) in [5, 5.41) is 3.46. The molecule has 2 aromatic heterocycles. The first kappa shape index (κ1) is 18.7. The summed E-state index contributed by atoms with van der Waals surface area (Å²) in [7, 11) is -0.405. The van der Waals surface area contributed by atoms with Gasteiger partial charge in [-0.1, -0.05) is 48.5 Å². The lowest BCUT2D eigenvalue weighted by Gasteiger charge is -2.32. The van der Waals surface area contributed by atoms with Crippen molar-refractivity contribution in [3.8, 4) is 5.69 Å². The molecule has 0 amide bonds. The molecule has 4 nitrogen and oxygen atoms in total. The number of benzene rings is 3. The number of aromatic nitrogens is 1. The Labute approximate surface area is 181 Å². The number of furan rings is 1. The van der Waals surface area contributed by atoms with Gasteiger partial charge in [-0.05, 0) is 57.4 Å². The van der Waals surface area contributed by atoms with Crippen LogP contribution in [-0.4, -0.2) is 22.9 Å². The van der Waals surface area contributed by atoms with Crippen molar-refractivity contribution in [2.24, 2.45) is 0 Å². The zero-order chi connectivity index (χ0) is 21.4. The Balaban J connectivity index is 1.57. The second-order valence-electron chi connectivity index (χ2n) is 9.31. The molecule has 3 aromatic carbocycles. The van der Waals surface area contributed by atoms with E-state index >= 15 is 0 Å². The molecule has 5 aromatic rings. The van der Waals surface area contributed by atoms with Crippen LogP contribution in [-0.2, 0) is 9.31 Å². The quantitative estimate of drug-likeness (QED) is 0.344. The average Bonchev–Trinajstić information content (AvgIpc) is 3.34. The normalized spacial score (nSPS) is 17.9. The van der Waals surface area contributed by atoms with E-state index < -0.39 is 7.12 Å². The predicted octanol–water partition coefficient (Wildman–Crippen LogP) is 5.83. The van der Waals surface area contributed by atoms with Crippen molar-refractivity contribution in [1.82, 2.24) is 4.57 Å². The third-order valence-corrected chi connectivity index (χ3v) is 6.85. The van der Waals surface area contributed by atoms with Crippen LogP contribution in [0.1, 0.15) is 27.7 Å². The summed E-state index contributed by atoms with van der Waals surface area (Å²) in [6.07, 6.45) is 0. The van der Waals surface area contributed by atoms with Crippen LogP contribution < -0.4 is 5.46 Å². The van der Waals surface area contributed by atoms with Crippen LogP contribution >= 0.6 is 0 Å². The van der Waals surface area contributed by atoms with Crippen molar-refractivity contribution in [3.05, 3.63) is 72.8 Å². The molecule has 3 heterocycles. The van der Waals surface area contributed by atoms with Crippen LogP contribution in [0, 0.1) is 0 Å². The molecule has 0 N–H and O–H groups in total. The van der Waals surface area contributed by atoms with Gasteiger partial charge in [-0.3, -0.25) is 4.57 Å². The number of hydrogen-bond donors (Lipinski definition) is 0. The maximum absolute atomic E-state index is 6.35. The van der Waals surface area contributed by atoms with Gasteiger partial charge in [-0.15, -0.1) is 0 Å². The Morgan fingerprint density at radius 3 is 2.19 bits per heavy atom. The van der Waals surface area contributed by atoms with E-state index in [-0.39, 0.29) is 11.2 Å². The Bertz CT molecular complexity index is 1440. The van der Waals surface area contributed by atoms with E-state index in [1.54, 1.807) is 0 Å². The number of fused-ring (bicyclic) bond motifs is 5. The Morgan fingerprint density at radius 1 is 0.742 bits per heavy atom. The molecule has 5 heteroatoms. The summed E-state index contributed by atoms with van der Waals surface area (Å²) >= 11 is 0. The summed E-state index contributed by atoms with van der Waals surface area (Å²) in [5.74, 6) is 0. The van der Waals surface area contributed by atoms with Gasteiger partial charge in [0.2, 0.25) is 5.71 Å². The average molecular weight is 409 g/mol. The minimum Gasteiger partial charge on any atom is -0.439 e. The second-order valence-corrected chi connectivity index (χ2v) is 9.31. The first-order chi connectivity index (χ1) is 14.9. The highest BCUT2D eigenvalue weighted by molar-refractivity contribution is 6.62. The fraction of sp³-hybridized carbons (Fsp3) is 0.231. The van der Waals surface area contributed by atoms with Crippen LogP contribution in [0.15, 0.2) is 77.2 Å². The zero-order valence-electron chi connectivity index (χ0n) is 18.2. The number of para-hydroxylation sites is 2. The van der Waals surface area contributed by atoms with Crippen molar-refractivity contribution < 1.29 is 13.7 Å². The lowest BCUT2D eigenvalue weighted by atomic mass is 9.79. The standard InChI is InChI=1S/C26H24BNO3/c1-25(2)26(3,4)31-27(30-25)17-10-9-11-18(16-17)28-21-14-7-5-12-19(21)23-20-13-6-8-15-22(20)29-24(23)28/h5-16H,1-4H3. The van der Waals surface area contributed by atoms with Gasteiger partial charge >= 0.3 is 7.12 Å². The summed E-state index contributed by atoms with van der Waals surface area (Å²) < 4.78 is 21.1. The topological polar surface area (TPSA) is 36.5 Å². The maximum Gasteiger partial charge on any atom is 0.494 e. The monoisotopic (exact) mass is 409 g/mol. The van der Waals surface area contributed by atoms with E-state index in [0.717, 1.165) is 38.7 Å². The van der Waals surface area contributed by atoms with Gasteiger partial charge in [-0.2, -0.15) is 0 Å². The van der Waals surface area contributed by atoms with E-state index in [9.17, 15) is 0 Å². The van der Waals surface area contributed by atoms with Crippen LogP contribution in [0.4, 0.5) is 0 Å². The molecule has 0 radical (unpaired) electrons. The molecule has 1 fully saturated rings. The molecule has 0 aliphatic carbocycles. The molecule has 1 saturated heterocycles. The van der Waals surface area contributed by atoms with E-state index in [1.165, 1.54) is 5.39 Å². The summed E-state index contributed by atoms with van der Waals surface area (Å²) in [4.78, 5) is 0. The molecule has 154 valence electrons. The van der Waals surface area contributed by atoms with Gasteiger partial charge in [-0.25, -0.2) is 0 Å². The van der Waals surface area contributed by atoms with Crippen LogP contribution in [0.25, 0.3) is 38.7 Å². The van der Waals surface area contributed by atoms with Crippen LogP contribution in [0.5, 0.6) is 0 Å². The minimum atomic E-state index is -0.405. The second kappa shape index (κ2) is 6.25. The van der Waals surface area contributed by atoms with Crippen molar-refractivity contribution in [3.63, 3.8) is 0 Å². The molecule has 6 rings (SSSR count). The van der Waals surface area contributed by atoms with Crippen molar-refractivity contribution >= 4 is 45.6 Å². The molecule has 1 aliphatic heterocycles. The molecule has 0 bridgehead atoms. The van der Waals surface area contributed by atoms with E-state index in [2.05, 4.69) is 92.9 Å². The number of hydrogen-bond acceptors (Lipinski definition) is 3. The van der Waals surface area contributed by atoms with Gasteiger partial charge in [0.1, 0.15) is 5.58 Å². The first-order valence-electron chi connectivity index (χ1n) is 10.7. The van der Waals surface area contributed by atoms with Gasteiger partial charge in [0, 0.05) is 16.5 Å². The molecule has 0 atom stereocenters. The zero-order valence-corrected chi connectivity index (χ0v) is 18.2. The smallest absolute Gasteiger partial charge is 0.439 e. The van der Waals surface area contributed by atoms with Crippen LogP contribution in [0.3, 0.4) is 0 Å². The predicted molar refractivity (Wildman–Crippen MR) is 126 cm³/mol. The number of nitrogens with zero attached hydrogens (tertiary/aromatic N) is 1. The van der Waals surface area contributed by atoms with E-state index in [0.29, 0.717) is 0 Å². The van der Waals surface area contributed by atoms with Gasteiger partial charge in [0.05, 0.1) is 22.1 Å². The molecular formula is C26H24BNO3. The summed E-state index contributed by atoms with van der Waals surface area (Å²) in [5.41, 5.74) is 4.14. The maximum atomic E-state index is 6.35. The Kier molecular flexibility index (Phi) is 3.78. The Hall–Kier alpha value is -3.02. The van der Waals surface area contributed by atoms with Gasteiger partial charge in [0.25, 0.3) is 0 Å². The lowest BCUT2D eigenvalue weighted by molar-refractivity contribution is 0.00578. The highest BCUT2D eigenvalue weighted by Gasteiger charge is 2.51. The third-order valence-electron chi connectivity index (χ3n) is 6.85. The SMILES string of the molecule is CC1(C)OB(c2cccc(-n3c4ccccc4c4c5ccccc5oc43)c2)OC1(C)C. The fourth-order valence-electron chi connectivity index (χ4n) is 4.49. The van der Waals surface area contributed by atoms with E-state index in [1.807, 2.05) is 12.1 Å². The molecule has 0 spiro atoms. The van der Waals surface area contributed by atoms with Crippen LogP contribution in [0.2, 0.25) is 0 Å². The minimum absolute atomic E-state index is 0.375. The molecule has 1 aliphatic rings. The summed E-state index contributed by atoms with van der Waals surface area (Å²) in [6.45, 7) is 8.31.